The van der Waals surface area contributed by atoms with Crippen LogP contribution in [0.15, 0.2) is 121 Å². The number of hydrogen-bond acceptors (Lipinski definition) is 4. The van der Waals surface area contributed by atoms with Crippen molar-refractivity contribution in [2.75, 3.05) is 13.1 Å². The second-order valence-electron chi connectivity index (χ2n) is 9.16. The lowest BCUT2D eigenvalue weighted by atomic mass is 10.0. The summed E-state index contributed by atoms with van der Waals surface area (Å²) in [5.74, 6) is -0.120. The van der Waals surface area contributed by atoms with Crippen LogP contribution < -0.4 is 10.6 Å². The third-order valence-electron chi connectivity index (χ3n) is 6.15. The van der Waals surface area contributed by atoms with Gasteiger partial charge < -0.3 is 10.6 Å². The van der Waals surface area contributed by atoms with Crippen molar-refractivity contribution in [2.24, 2.45) is 0 Å². The summed E-state index contributed by atoms with van der Waals surface area (Å²) in [6, 6.07) is 34.7. The Bertz CT molecular complexity index is 1310. The summed E-state index contributed by atoms with van der Waals surface area (Å²) in [5.41, 5.74) is 6.97. The minimum Gasteiger partial charge on any atom is -0.383 e. The van der Waals surface area contributed by atoms with Crippen LogP contribution in [-0.4, -0.2) is 24.7 Å². The summed E-state index contributed by atoms with van der Waals surface area (Å²) in [6.45, 7) is 5.17. The van der Waals surface area contributed by atoms with E-state index in [9.17, 15) is 9.59 Å². The first-order valence-electron chi connectivity index (χ1n) is 12.7. The van der Waals surface area contributed by atoms with Crippen molar-refractivity contribution in [3.8, 4) is 0 Å². The van der Waals surface area contributed by atoms with Gasteiger partial charge in [0.05, 0.1) is 0 Å². The van der Waals surface area contributed by atoms with E-state index in [2.05, 4.69) is 10.6 Å². The van der Waals surface area contributed by atoms with Crippen LogP contribution >= 0.6 is 0 Å². The third-order valence-corrected chi connectivity index (χ3v) is 6.15. The van der Waals surface area contributed by atoms with E-state index in [1.54, 1.807) is 12.2 Å². The molecule has 0 aromatic heterocycles. The summed E-state index contributed by atoms with van der Waals surface area (Å²) in [4.78, 5) is 25.9. The number of carbonyl (C=O) groups is 2. The molecule has 2 N–H and O–H groups in total. The Balaban J connectivity index is 1.50. The summed E-state index contributed by atoms with van der Waals surface area (Å²) >= 11 is 0. The van der Waals surface area contributed by atoms with Crippen molar-refractivity contribution < 1.29 is 9.59 Å². The fourth-order valence-electron chi connectivity index (χ4n) is 3.97. The molecule has 0 unspecified atom stereocenters. The normalized spacial score (nSPS) is 11.6. The van der Waals surface area contributed by atoms with Crippen LogP contribution in [-0.2, 0) is 0 Å². The number of aryl methyl sites for hydroxylation is 2. The molecular weight excluding hydrogens is 468 g/mol. The number of nitrogens with one attached hydrogen (secondary N) is 2. The second-order valence-corrected chi connectivity index (χ2v) is 9.16. The standard InChI is InChI=1S/C34H32N2O2/c1-25-13-17-27(18-14-25)31(23-33(37)29-9-5-3-6-10-29)35-21-22-36-32(28-19-15-26(2)16-20-28)24-34(38)30-11-7-4-8-12-30/h3-20,23-24,35-36H,21-22H2,1-2H3/b31-23-,32-24-. The lowest BCUT2D eigenvalue weighted by Crippen LogP contribution is -2.26. The van der Waals surface area contributed by atoms with Gasteiger partial charge in [0.1, 0.15) is 0 Å². The van der Waals surface area contributed by atoms with Gasteiger partial charge in [-0.25, -0.2) is 0 Å². The predicted octanol–water partition coefficient (Wildman–Crippen LogP) is 6.63. The Hall–Kier alpha value is -4.70. The van der Waals surface area contributed by atoms with Gasteiger partial charge in [-0.15, -0.1) is 0 Å². The molecule has 4 nitrogen and oxygen atoms in total. The zero-order chi connectivity index (χ0) is 26.7. The maximum Gasteiger partial charge on any atom is 0.187 e. The first-order valence-corrected chi connectivity index (χ1v) is 12.7. The van der Waals surface area contributed by atoms with E-state index >= 15 is 0 Å². The van der Waals surface area contributed by atoms with Crippen LogP contribution in [0.3, 0.4) is 0 Å². The molecule has 4 heteroatoms. The highest BCUT2D eigenvalue weighted by Crippen LogP contribution is 2.16. The topological polar surface area (TPSA) is 58.2 Å². The number of allylic oxidation sites excluding steroid dienone is 2. The molecule has 0 spiro atoms. The quantitative estimate of drug-likeness (QED) is 0.138. The first kappa shape index (κ1) is 26.4. The molecule has 4 rings (SSSR count). The van der Waals surface area contributed by atoms with Crippen LogP contribution in [0.25, 0.3) is 11.4 Å². The second kappa shape index (κ2) is 13.0. The lowest BCUT2D eigenvalue weighted by molar-refractivity contribution is 0.103. The summed E-state index contributed by atoms with van der Waals surface area (Å²) in [6.07, 6.45) is 3.30. The molecule has 190 valence electrons. The van der Waals surface area contributed by atoms with Gasteiger partial charge in [0, 0.05) is 47.8 Å². The van der Waals surface area contributed by atoms with Crippen LogP contribution in [0.2, 0.25) is 0 Å². The Labute approximate surface area is 224 Å². The maximum atomic E-state index is 12.9. The smallest absolute Gasteiger partial charge is 0.187 e. The van der Waals surface area contributed by atoms with Gasteiger partial charge in [-0.3, -0.25) is 9.59 Å². The average molecular weight is 501 g/mol. The molecular formula is C34H32N2O2. The van der Waals surface area contributed by atoms with Gasteiger partial charge in [-0.05, 0) is 25.0 Å². The van der Waals surface area contributed by atoms with Crippen LogP contribution in [0, 0.1) is 13.8 Å². The Morgan fingerprint density at radius 1 is 0.500 bits per heavy atom. The first-order chi connectivity index (χ1) is 18.5. The van der Waals surface area contributed by atoms with Gasteiger partial charge >= 0.3 is 0 Å². The van der Waals surface area contributed by atoms with Gasteiger partial charge in [0.2, 0.25) is 0 Å². The fraction of sp³-hybridized carbons (Fsp3) is 0.118. The van der Waals surface area contributed by atoms with E-state index in [0.717, 1.165) is 33.6 Å². The van der Waals surface area contributed by atoms with Crippen molar-refractivity contribution >= 4 is 23.0 Å². The summed E-state index contributed by atoms with van der Waals surface area (Å²) in [5, 5.41) is 6.85. The minimum atomic E-state index is -0.0599. The van der Waals surface area contributed by atoms with Crippen molar-refractivity contribution in [1.82, 2.24) is 10.6 Å². The molecule has 0 radical (unpaired) electrons. The van der Waals surface area contributed by atoms with E-state index in [1.165, 1.54) is 0 Å². The number of rotatable bonds is 11. The number of carbonyl (C=O) groups excluding carboxylic acids is 2. The van der Waals surface area contributed by atoms with Crippen LogP contribution in [0.5, 0.6) is 0 Å². The molecule has 0 aliphatic heterocycles. The highest BCUT2D eigenvalue weighted by molar-refractivity contribution is 6.09. The minimum absolute atomic E-state index is 0.0599. The average Bonchev–Trinajstić information content (AvgIpc) is 2.95. The Morgan fingerprint density at radius 2 is 0.842 bits per heavy atom. The largest absolute Gasteiger partial charge is 0.383 e. The fourth-order valence-corrected chi connectivity index (χ4v) is 3.97. The SMILES string of the molecule is Cc1ccc(/C(=C/C(=O)c2ccccc2)NCCN/C(=C\C(=O)c2ccccc2)c2ccc(C)cc2)cc1. The molecule has 38 heavy (non-hydrogen) atoms. The van der Waals surface area contributed by atoms with Crippen molar-refractivity contribution in [1.29, 1.82) is 0 Å². The maximum absolute atomic E-state index is 12.9. The molecule has 0 aliphatic rings. The Morgan fingerprint density at radius 3 is 1.18 bits per heavy atom. The third kappa shape index (κ3) is 7.40. The van der Waals surface area contributed by atoms with Crippen molar-refractivity contribution in [2.45, 2.75) is 13.8 Å². The van der Waals surface area contributed by atoms with E-state index in [1.807, 2.05) is 123 Å². The molecule has 0 atom stereocenters. The molecule has 0 amide bonds. The van der Waals surface area contributed by atoms with Gasteiger partial charge in [0.25, 0.3) is 0 Å². The molecule has 0 fully saturated rings. The zero-order valence-electron chi connectivity index (χ0n) is 21.8. The molecule has 0 bridgehead atoms. The molecule has 0 saturated heterocycles. The van der Waals surface area contributed by atoms with Crippen molar-refractivity contribution in [3.63, 3.8) is 0 Å². The summed E-state index contributed by atoms with van der Waals surface area (Å²) in [7, 11) is 0. The van der Waals surface area contributed by atoms with E-state index < -0.39 is 0 Å². The van der Waals surface area contributed by atoms with E-state index in [0.29, 0.717) is 24.2 Å². The van der Waals surface area contributed by atoms with Gasteiger partial charge in [0.15, 0.2) is 11.6 Å². The van der Waals surface area contributed by atoms with E-state index in [4.69, 9.17) is 0 Å². The van der Waals surface area contributed by atoms with Gasteiger partial charge in [-0.1, -0.05) is 120 Å². The number of ketones is 2. The highest BCUT2D eigenvalue weighted by Gasteiger charge is 2.09. The Kier molecular flexibility index (Phi) is 9.03. The number of hydrogen-bond donors (Lipinski definition) is 2. The van der Waals surface area contributed by atoms with Gasteiger partial charge in [-0.2, -0.15) is 0 Å². The van der Waals surface area contributed by atoms with Crippen LogP contribution in [0.4, 0.5) is 0 Å². The molecule has 0 saturated carbocycles. The van der Waals surface area contributed by atoms with Crippen LogP contribution in [0.1, 0.15) is 43.0 Å². The summed E-state index contributed by atoms with van der Waals surface area (Å²) < 4.78 is 0. The molecule has 4 aromatic rings. The monoisotopic (exact) mass is 500 g/mol. The number of benzene rings is 4. The molecule has 0 aliphatic carbocycles. The lowest BCUT2D eigenvalue weighted by Gasteiger charge is -2.15. The predicted molar refractivity (Wildman–Crippen MR) is 156 cm³/mol. The van der Waals surface area contributed by atoms with E-state index in [-0.39, 0.29) is 11.6 Å². The zero-order valence-corrected chi connectivity index (χ0v) is 21.8. The molecule has 4 aromatic carbocycles. The highest BCUT2D eigenvalue weighted by atomic mass is 16.1. The molecule has 0 heterocycles. The van der Waals surface area contributed by atoms with Crippen molar-refractivity contribution in [3.05, 3.63) is 155 Å².